The minimum atomic E-state index is -0.890. The van der Waals surface area contributed by atoms with Gasteiger partial charge in [-0.15, -0.1) is 0 Å². The minimum absolute atomic E-state index is 0.0766. The fourth-order valence-corrected chi connectivity index (χ4v) is 2.36. The predicted octanol–water partition coefficient (Wildman–Crippen LogP) is 4.50. The molecule has 0 aliphatic heterocycles. The molecule has 2 rings (SSSR count). The van der Waals surface area contributed by atoms with Crippen molar-refractivity contribution in [2.45, 2.75) is 25.6 Å². The molecule has 0 bridgehead atoms. The molecule has 0 aromatic heterocycles. The monoisotopic (exact) mass is 328 g/mol. The number of benzene rings is 2. The Bertz CT molecular complexity index is 599. The van der Waals surface area contributed by atoms with E-state index in [4.69, 9.17) is 27.9 Å². The number of hydrogen-bond acceptors (Lipinski definition) is 2. The highest BCUT2D eigenvalue weighted by molar-refractivity contribution is 6.31. The van der Waals surface area contributed by atoms with Gasteiger partial charge in [-0.2, -0.15) is 0 Å². The van der Waals surface area contributed by atoms with Gasteiger partial charge in [-0.3, -0.25) is 0 Å². The first-order valence-corrected chi connectivity index (χ1v) is 7.26. The number of rotatable bonds is 5. The molecule has 2 aromatic rings. The van der Waals surface area contributed by atoms with Crippen molar-refractivity contribution >= 4 is 23.2 Å². The van der Waals surface area contributed by atoms with Gasteiger partial charge in [0.2, 0.25) is 0 Å². The summed E-state index contributed by atoms with van der Waals surface area (Å²) in [7, 11) is 0. The summed E-state index contributed by atoms with van der Waals surface area (Å²) in [5.41, 5.74) is 0.285. The highest BCUT2D eigenvalue weighted by atomic mass is 35.5. The largest absolute Gasteiger partial charge is 0.488 e. The van der Waals surface area contributed by atoms with Gasteiger partial charge in [0.15, 0.2) is 0 Å². The lowest BCUT2D eigenvalue weighted by atomic mass is 10.0. The van der Waals surface area contributed by atoms with Crippen LogP contribution in [0, 0.1) is 5.82 Å². The fourth-order valence-electron chi connectivity index (χ4n) is 1.94. The van der Waals surface area contributed by atoms with Gasteiger partial charge in [0, 0.05) is 22.0 Å². The molecule has 112 valence electrons. The average Bonchev–Trinajstić information content (AvgIpc) is 2.43. The van der Waals surface area contributed by atoms with Crippen molar-refractivity contribution in [1.82, 2.24) is 0 Å². The third kappa shape index (κ3) is 4.34. The molecule has 2 aromatic carbocycles. The molecule has 0 radical (unpaired) electrons. The summed E-state index contributed by atoms with van der Waals surface area (Å²) in [4.78, 5) is 0. The number of ether oxygens (including phenoxy) is 1. The number of aliphatic hydroxyl groups excluding tert-OH is 1. The lowest BCUT2D eigenvalue weighted by Crippen LogP contribution is -2.31. The predicted molar refractivity (Wildman–Crippen MR) is 82.7 cm³/mol. The van der Waals surface area contributed by atoms with E-state index in [-0.39, 0.29) is 12.0 Å². The Morgan fingerprint density at radius 2 is 1.90 bits per heavy atom. The Balaban J connectivity index is 2.04. The quantitative estimate of drug-likeness (QED) is 0.875. The van der Waals surface area contributed by atoms with Gasteiger partial charge >= 0.3 is 0 Å². The molecular formula is C16H15Cl2FO2. The maximum atomic E-state index is 13.7. The second-order valence-electron chi connectivity index (χ2n) is 4.75. The molecule has 0 fully saturated rings. The van der Waals surface area contributed by atoms with E-state index >= 15 is 0 Å². The van der Waals surface area contributed by atoms with Crippen LogP contribution < -0.4 is 4.74 Å². The average molecular weight is 329 g/mol. The maximum Gasteiger partial charge on any atom is 0.127 e. The summed E-state index contributed by atoms with van der Waals surface area (Å²) in [6, 6.07) is 11.3. The van der Waals surface area contributed by atoms with E-state index in [1.54, 1.807) is 37.3 Å². The Labute approximate surface area is 133 Å². The lowest BCUT2D eigenvalue weighted by molar-refractivity contribution is 0.0473. The van der Waals surface area contributed by atoms with Gasteiger partial charge in [0.25, 0.3) is 0 Å². The molecule has 0 amide bonds. The van der Waals surface area contributed by atoms with E-state index in [1.165, 1.54) is 12.1 Å². The second-order valence-corrected chi connectivity index (χ2v) is 5.60. The normalized spacial score (nSPS) is 13.8. The summed E-state index contributed by atoms with van der Waals surface area (Å²) in [5.74, 6) is 0.116. The molecule has 0 heterocycles. The van der Waals surface area contributed by atoms with Crippen molar-refractivity contribution in [1.29, 1.82) is 0 Å². The SMILES string of the molecule is CC(Oc1cccc(Cl)c1)C(O)Cc1c(F)cccc1Cl. The molecular weight excluding hydrogens is 314 g/mol. The van der Waals surface area contributed by atoms with Gasteiger partial charge in [0.05, 0.1) is 6.10 Å². The molecule has 5 heteroatoms. The lowest BCUT2D eigenvalue weighted by Gasteiger charge is -2.21. The van der Waals surface area contributed by atoms with E-state index in [9.17, 15) is 9.50 Å². The van der Waals surface area contributed by atoms with Crippen LogP contribution in [0.4, 0.5) is 4.39 Å². The Kier molecular flexibility index (Phi) is 5.45. The molecule has 2 nitrogen and oxygen atoms in total. The molecule has 0 spiro atoms. The van der Waals surface area contributed by atoms with Crippen molar-refractivity contribution in [2.75, 3.05) is 0 Å². The molecule has 0 saturated heterocycles. The van der Waals surface area contributed by atoms with Crippen LogP contribution in [-0.2, 0) is 6.42 Å². The zero-order valence-electron chi connectivity index (χ0n) is 11.4. The van der Waals surface area contributed by atoms with Crippen molar-refractivity contribution in [2.24, 2.45) is 0 Å². The van der Waals surface area contributed by atoms with Gasteiger partial charge in [-0.1, -0.05) is 35.3 Å². The van der Waals surface area contributed by atoms with Crippen molar-refractivity contribution in [3.05, 3.63) is 63.9 Å². The second kappa shape index (κ2) is 7.12. The fraction of sp³-hybridized carbons (Fsp3) is 0.250. The van der Waals surface area contributed by atoms with Gasteiger partial charge in [0.1, 0.15) is 17.7 Å². The van der Waals surface area contributed by atoms with E-state index in [1.807, 2.05) is 0 Å². The van der Waals surface area contributed by atoms with Crippen LogP contribution in [0.5, 0.6) is 5.75 Å². The van der Waals surface area contributed by atoms with Crippen LogP contribution in [0.25, 0.3) is 0 Å². The first-order chi connectivity index (χ1) is 9.97. The number of halogens is 3. The van der Waals surface area contributed by atoms with E-state index in [0.717, 1.165) is 0 Å². The smallest absolute Gasteiger partial charge is 0.127 e. The molecule has 0 saturated carbocycles. The van der Waals surface area contributed by atoms with Crippen molar-refractivity contribution < 1.29 is 14.2 Å². The standard InChI is InChI=1S/C16H15Cl2FO2/c1-10(21-12-5-2-4-11(17)8-12)16(20)9-13-14(18)6-3-7-15(13)19/h2-8,10,16,20H,9H2,1H3. The summed E-state index contributed by atoms with van der Waals surface area (Å²) in [5, 5.41) is 11.0. The van der Waals surface area contributed by atoms with Crippen LogP contribution in [0.1, 0.15) is 12.5 Å². The minimum Gasteiger partial charge on any atom is -0.488 e. The third-order valence-corrected chi connectivity index (χ3v) is 3.72. The Morgan fingerprint density at radius 1 is 1.19 bits per heavy atom. The van der Waals surface area contributed by atoms with Crippen LogP contribution >= 0.6 is 23.2 Å². The summed E-state index contributed by atoms with van der Waals surface area (Å²) in [6.07, 6.45) is -1.34. The topological polar surface area (TPSA) is 29.5 Å². The van der Waals surface area contributed by atoms with Gasteiger partial charge in [-0.25, -0.2) is 4.39 Å². The Morgan fingerprint density at radius 3 is 2.57 bits per heavy atom. The van der Waals surface area contributed by atoms with Crippen molar-refractivity contribution in [3.8, 4) is 5.75 Å². The summed E-state index contributed by atoms with van der Waals surface area (Å²) in [6.45, 7) is 1.71. The number of aliphatic hydroxyl groups is 1. The van der Waals surface area contributed by atoms with Crippen molar-refractivity contribution in [3.63, 3.8) is 0 Å². The third-order valence-electron chi connectivity index (χ3n) is 3.13. The first kappa shape index (κ1) is 16.1. The molecule has 2 atom stereocenters. The van der Waals surface area contributed by atoms with Crippen LogP contribution in [0.3, 0.4) is 0 Å². The van der Waals surface area contributed by atoms with E-state index in [0.29, 0.717) is 15.8 Å². The van der Waals surface area contributed by atoms with Gasteiger partial charge in [-0.05, 0) is 37.3 Å². The summed E-state index contributed by atoms with van der Waals surface area (Å²) >= 11 is 11.8. The number of hydrogen-bond donors (Lipinski definition) is 1. The molecule has 0 aliphatic carbocycles. The van der Waals surface area contributed by atoms with Crippen LogP contribution in [0.2, 0.25) is 10.0 Å². The van der Waals surface area contributed by atoms with E-state index < -0.39 is 18.0 Å². The Hall–Kier alpha value is -1.29. The zero-order valence-corrected chi connectivity index (χ0v) is 12.9. The first-order valence-electron chi connectivity index (χ1n) is 6.50. The molecule has 21 heavy (non-hydrogen) atoms. The van der Waals surface area contributed by atoms with E-state index in [2.05, 4.69) is 0 Å². The van der Waals surface area contributed by atoms with Crippen LogP contribution in [0.15, 0.2) is 42.5 Å². The zero-order chi connectivity index (χ0) is 15.4. The van der Waals surface area contributed by atoms with Gasteiger partial charge < -0.3 is 9.84 Å². The highest BCUT2D eigenvalue weighted by Crippen LogP contribution is 2.23. The molecule has 1 N–H and O–H groups in total. The van der Waals surface area contributed by atoms with Crippen LogP contribution in [-0.4, -0.2) is 17.3 Å². The molecule has 2 unspecified atom stereocenters. The molecule has 0 aliphatic rings. The summed E-state index contributed by atoms with van der Waals surface area (Å²) < 4.78 is 19.3. The highest BCUT2D eigenvalue weighted by Gasteiger charge is 2.20. The maximum absolute atomic E-state index is 13.7.